The van der Waals surface area contributed by atoms with E-state index in [2.05, 4.69) is 0 Å². The van der Waals surface area contributed by atoms with Crippen molar-refractivity contribution in [3.05, 3.63) is 42.0 Å². The van der Waals surface area contributed by atoms with Crippen molar-refractivity contribution in [3.63, 3.8) is 0 Å². The number of nitrogens with two attached hydrogens (primary N) is 1. The predicted octanol–water partition coefficient (Wildman–Crippen LogP) is 4.44. The highest BCUT2D eigenvalue weighted by Crippen LogP contribution is 2.37. The van der Waals surface area contributed by atoms with Gasteiger partial charge in [0.1, 0.15) is 11.8 Å². The molecule has 0 amide bonds. The summed E-state index contributed by atoms with van der Waals surface area (Å²) in [6.07, 6.45) is -4.47. The van der Waals surface area contributed by atoms with E-state index in [-0.39, 0.29) is 5.56 Å². The highest BCUT2D eigenvalue weighted by Gasteiger charge is 2.38. The molecule has 0 fully saturated rings. The first-order valence-corrected chi connectivity index (χ1v) is 6.77. The average molecular weight is 297 g/mol. The molecule has 0 radical (unpaired) electrons. The first kappa shape index (κ1) is 15.6. The van der Waals surface area contributed by atoms with Gasteiger partial charge >= 0.3 is 6.18 Å². The van der Waals surface area contributed by atoms with E-state index in [1.165, 1.54) is 6.07 Å². The van der Waals surface area contributed by atoms with Crippen LogP contribution in [0.1, 0.15) is 25.5 Å². The summed E-state index contributed by atoms with van der Waals surface area (Å²) in [7, 11) is 0. The molecular formula is C16H18F3NO. The van der Waals surface area contributed by atoms with Crippen LogP contribution in [0.3, 0.4) is 0 Å². The molecule has 2 rings (SSSR count). The maximum absolute atomic E-state index is 12.9. The van der Waals surface area contributed by atoms with Crippen molar-refractivity contribution < 1.29 is 17.9 Å². The lowest BCUT2D eigenvalue weighted by Crippen LogP contribution is -2.28. The topological polar surface area (TPSA) is 35.2 Å². The molecule has 2 aromatic rings. The maximum Gasteiger partial charge on any atom is 0.407 e. The molecule has 0 bridgehead atoms. The number of halogens is 3. The molecule has 114 valence electrons. The van der Waals surface area contributed by atoms with Crippen LogP contribution < -0.4 is 10.5 Å². The van der Waals surface area contributed by atoms with Crippen molar-refractivity contribution in [1.82, 2.24) is 0 Å². The Labute approximate surface area is 121 Å². The number of ether oxygens (including phenoxy) is 1. The van der Waals surface area contributed by atoms with Crippen LogP contribution in [0, 0.1) is 5.92 Å². The number of alkyl halides is 3. The molecule has 0 aliphatic rings. The second kappa shape index (κ2) is 5.93. The van der Waals surface area contributed by atoms with Gasteiger partial charge in [-0.1, -0.05) is 44.2 Å². The van der Waals surface area contributed by atoms with Gasteiger partial charge in [0, 0.05) is 5.39 Å². The van der Waals surface area contributed by atoms with Gasteiger partial charge in [0.25, 0.3) is 0 Å². The van der Waals surface area contributed by atoms with E-state index < -0.39 is 12.2 Å². The summed E-state index contributed by atoms with van der Waals surface area (Å²) in [4.78, 5) is 0. The van der Waals surface area contributed by atoms with Gasteiger partial charge in [0.05, 0.1) is 6.61 Å². The van der Waals surface area contributed by atoms with E-state index in [4.69, 9.17) is 10.5 Å². The van der Waals surface area contributed by atoms with Gasteiger partial charge in [-0.05, 0) is 22.9 Å². The van der Waals surface area contributed by atoms with Crippen LogP contribution in [0.25, 0.3) is 10.8 Å². The second-order valence-corrected chi connectivity index (χ2v) is 5.42. The molecule has 0 spiro atoms. The van der Waals surface area contributed by atoms with Crippen LogP contribution in [-0.4, -0.2) is 12.8 Å². The Morgan fingerprint density at radius 3 is 2.24 bits per heavy atom. The normalized spacial score (nSPS) is 13.7. The lowest BCUT2D eigenvalue weighted by Gasteiger charge is -2.19. The summed E-state index contributed by atoms with van der Waals surface area (Å²) in [6, 6.07) is 7.81. The van der Waals surface area contributed by atoms with E-state index in [0.29, 0.717) is 29.0 Å². The van der Waals surface area contributed by atoms with Crippen LogP contribution in [0.5, 0.6) is 5.75 Å². The Morgan fingerprint density at radius 1 is 1.05 bits per heavy atom. The van der Waals surface area contributed by atoms with E-state index >= 15 is 0 Å². The molecule has 0 saturated carbocycles. The third-order valence-corrected chi connectivity index (χ3v) is 3.18. The molecule has 0 saturated heterocycles. The molecule has 1 atom stereocenters. The minimum Gasteiger partial charge on any atom is -0.493 e. The standard InChI is InChI=1S/C16H18F3NO/c1-10(2)9-21-14-8-7-13(15(20)16(17,18)19)11-5-3-4-6-12(11)14/h3-8,10,15H,9,20H2,1-2H3/t15-/m0/s1. The van der Waals surface area contributed by atoms with Crippen LogP contribution >= 0.6 is 0 Å². The number of hydrogen-bond acceptors (Lipinski definition) is 2. The van der Waals surface area contributed by atoms with E-state index in [1.807, 2.05) is 13.8 Å². The molecule has 0 unspecified atom stereocenters. The smallest absolute Gasteiger partial charge is 0.407 e. The Bertz CT molecular complexity index is 622. The fourth-order valence-electron chi connectivity index (χ4n) is 2.12. The van der Waals surface area contributed by atoms with Crippen LogP contribution in [0.2, 0.25) is 0 Å². The molecule has 2 nitrogen and oxygen atoms in total. The van der Waals surface area contributed by atoms with Gasteiger partial charge in [-0.15, -0.1) is 0 Å². The number of rotatable bonds is 4. The van der Waals surface area contributed by atoms with Gasteiger partial charge < -0.3 is 10.5 Å². The summed E-state index contributed by atoms with van der Waals surface area (Å²) in [6.45, 7) is 4.53. The van der Waals surface area contributed by atoms with Crippen LogP contribution in [-0.2, 0) is 0 Å². The number of fused-ring (bicyclic) bond motifs is 1. The summed E-state index contributed by atoms with van der Waals surface area (Å²) >= 11 is 0. The Balaban J connectivity index is 2.49. The van der Waals surface area contributed by atoms with Crippen molar-refractivity contribution in [2.45, 2.75) is 26.1 Å². The van der Waals surface area contributed by atoms with Gasteiger partial charge in [-0.3, -0.25) is 0 Å². The molecule has 0 aliphatic heterocycles. The van der Waals surface area contributed by atoms with Crippen molar-refractivity contribution in [2.75, 3.05) is 6.61 Å². The lowest BCUT2D eigenvalue weighted by atomic mass is 9.98. The molecule has 0 aliphatic carbocycles. The Kier molecular flexibility index (Phi) is 4.42. The van der Waals surface area contributed by atoms with E-state index in [1.54, 1.807) is 30.3 Å². The average Bonchev–Trinajstić information content (AvgIpc) is 2.42. The van der Waals surface area contributed by atoms with E-state index in [0.717, 1.165) is 0 Å². The highest BCUT2D eigenvalue weighted by molar-refractivity contribution is 5.91. The largest absolute Gasteiger partial charge is 0.493 e. The van der Waals surface area contributed by atoms with Crippen molar-refractivity contribution >= 4 is 10.8 Å². The van der Waals surface area contributed by atoms with Gasteiger partial charge in [0.2, 0.25) is 0 Å². The quantitative estimate of drug-likeness (QED) is 0.905. The molecule has 21 heavy (non-hydrogen) atoms. The zero-order valence-corrected chi connectivity index (χ0v) is 11.9. The summed E-state index contributed by atoms with van der Waals surface area (Å²) in [5, 5.41) is 1.12. The van der Waals surface area contributed by atoms with E-state index in [9.17, 15) is 13.2 Å². The van der Waals surface area contributed by atoms with Crippen LogP contribution in [0.15, 0.2) is 36.4 Å². The van der Waals surface area contributed by atoms with Crippen molar-refractivity contribution in [3.8, 4) is 5.75 Å². The van der Waals surface area contributed by atoms with Gasteiger partial charge in [-0.2, -0.15) is 13.2 Å². The van der Waals surface area contributed by atoms with Gasteiger partial charge in [-0.25, -0.2) is 0 Å². The second-order valence-electron chi connectivity index (χ2n) is 5.42. The van der Waals surface area contributed by atoms with Crippen molar-refractivity contribution in [1.29, 1.82) is 0 Å². The Morgan fingerprint density at radius 2 is 1.67 bits per heavy atom. The highest BCUT2D eigenvalue weighted by atomic mass is 19.4. The number of benzene rings is 2. The maximum atomic E-state index is 12.9. The SMILES string of the molecule is CC(C)COc1ccc([C@H](N)C(F)(F)F)c2ccccc12. The summed E-state index contributed by atoms with van der Waals surface area (Å²) < 4.78 is 44.3. The number of hydrogen-bond donors (Lipinski definition) is 1. The minimum atomic E-state index is -4.47. The van der Waals surface area contributed by atoms with Crippen molar-refractivity contribution in [2.24, 2.45) is 11.7 Å². The molecule has 2 aromatic carbocycles. The minimum absolute atomic E-state index is 0.0648. The fraction of sp³-hybridized carbons (Fsp3) is 0.375. The summed E-state index contributed by atoms with van der Waals surface area (Å²) in [5.74, 6) is 0.915. The predicted molar refractivity (Wildman–Crippen MR) is 77.3 cm³/mol. The van der Waals surface area contributed by atoms with Gasteiger partial charge in [0.15, 0.2) is 0 Å². The Hall–Kier alpha value is -1.75. The third-order valence-electron chi connectivity index (χ3n) is 3.18. The summed E-state index contributed by atoms with van der Waals surface area (Å²) in [5.41, 5.74) is 5.41. The zero-order chi connectivity index (χ0) is 15.6. The first-order chi connectivity index (χ1) is 9.80. The molecule has 0 aromatic heterocycles. The molecule has 5 heteroatoms. The first-order valence-electron chi connectivity index (χ1n) is 6.77. The molecule has 2 N–H and O–H groups in total. The third kappa shape index (κ3) is 3.47. The van der Waals surface area contributed by atoms with Crippen LogP contribution in [0.4, 0.5) is 13.2 Å². The molecular weight excluding hydrogens is 279 g/mol. The monoisotopic (exact) mass is 297 g/mol. The fourth-order valence-corrected chi connectivity index (χ4v) is 2.12. The molecule has 0 heterocycles. The lowest BCUT2D eigenvalue weighted by molar-refractivity contribution is -0.148. The zero-order valence-electron chi connectivity index (χ0n) is 11.9.